The summed E-state index contributed by atoms with van der Waals surface area (Å²) in [6.07, 6.45) is 5.60. The van der Waals surface area contributed by atoms with Gasteiger partial charge in [-0.3, -0.25) is 9.59 Å². The fourth-order valence-electron chi connectivity index (χ4n) is 2.52. The van der Waals surface area contributed by atoms with E-state index >= 15 is 0 Å². The molecule has 1 unspecified atom stereocenters. The Morgan fingerprint density at radius 3 is 3.00 bits per heavy atom. The topological polar surface area (TPSA) is 72.2 Å². The maximum atomic E-state index is 12.0. The molecule has 2 aromatic rings. The highest BCUT2D eigenvalue weighted by molar-refractivity contribution is 6.03. The van der Waals surface area contributed by atoms with Crippen LogP contribution in [-0.4, -0.2) is 26.4 Å². The molecule has 19 heavy (non-hydrogen) atoms. The van der Waals surface area contributed by atoms with Gasteiger partial charge in [0.1, 0.15) is 0 Å². The number of aliphatic carboxylic acids is 1. The lowest BCUT2D eigenvalue weighted by Gasteiger charge is -2.04. The maximum Gasteiger partial charge on any atom is 0.304 e. The quantitative estimate of drug-likeness (QED) is 0.907. The second-order valence-corrected chi connectivity index (χ2v) is 4.67. The lowest BCUT2D eigenvalue weighted by Crippen LogP contribution is -2.13. The molecule has 5 nitrogen and oxygen atoms in total. The van der Waals surface area contributed by atoms with Crippen LogP contribution in [0.25, 0.3) is 5.69 Å². The van der Waals surface area contributed by atoms with Crippen molar-refractivity contribution in [2.45, 2.75) is 12.8 Å². The monoisotopic (exact) mass is 256 g/mol. The van der Waals surface area contributed by atoms with Gasteiger partial charge >= 0.3 is 5.97 Å². The zero-order valence-electron chi connectivity index (χ0n) is 10.1. The summed E-state index contributed by atoms with van der Waals surface area (Å²) in [5.74, 6) is -1.42. The minimum Gasteiger partial charge on any atom is -0.481 e. The number of carbonyl (C=O) groups excluding carboxylic acids is 1. The Labute approximate surface area is 109 Å². The summed E-state index contributed by atoms with van der Waals surface area (Å²) in [6, 6.07) is 5.55. The van der Waals surface area contributed by atoms with Gasteiger partial charge < -0.3 is 9.67 Å². The molecule has 0 saturated heterocycles. The summed E-state index contributed by atoms with van der Waals surface area (Å²) in [5.41, 5.74) is 2.50. The zero-order valence-corrected chi connectivity index (χ0v) is 10.1. The zero-order chi connectivity index (χ0) is 13.4. The van der Waals surface area contributed by atoms with Crippen molar-refractivity contribution in [1.82, 2.24) is 9.55 Å². The second-order valence-electron chi connectivity index (χ2n) is 4.67. The Bertz CT molecular complexity index is 647. The third-order valence-corrected chi connectivity index (χ3v) is 3.41. The van der Waals surface area contributed by atoms with E-state index in [0.717, 1.165) is 11.3 Å². The molecular weight excluding hydrogens is 244 g/mol. The number of carbonyl (C=O) groups is 2. The molecule has 1 aromatic carbocycles. The number of nitrogens with zero attached hydrogens (tertiary/aromatic N) is 2. The van der Waals surface area contributed by atoms with Crippen molar-refractivity contribution < 1.29 is 14.7 Å². The highest BCUT2D eigenvalue weighted by Gasteiger charge is 2.32. The van der Waals surface area contributed by atoms with E-state index in [1.54, 1.807) is 18.6 Å². The van der Waals surface area contributed by atoms with E-state index in [9.17, 15) is 9.59 Å². The molecule has 1 atom stereocenters. The van der Waals surface area contributed by atoms with Crippen molar-refractivity contribution in [1.29, 1.82) is 0 Å². The van der Waals surface area contributed by atoms with Crippen molar-refractivity contribution in [2.24, 2.45) is 5.92 Å². The molecule has 1 heterocycles. The molecule has 0 bridgehead atoms. The molecule has 0 radical (unpaired) electrons. The minimum atomic E-state index is -0.930. The van der Waals surface area contributed by atoms with Crippen molar-refractivity contribution in [3.8, 4) is 5.69 Å². The van der Waals surface area contributed by atoms with Crippen molar-refractivity contribution in [2.75, 3.05) is 0 Å². The standard InChI is InChI=1S/C14H12N2O3/c17-13(18)7-10-5-9-6-11(16-4-3-15-8-16)1-2-12(9)14(10)19/h1-4,6,8,10H,5,7H2,(H,17,18). The summed E-state index contributed by atoms with van der Waals surface area (Å²) >= 11 is 0. The molecule has 5 heteroatoms. The molecule has 96 valence electrons. The Morgan fingerprint density at radius 2 is 2.32 bits per heavy atom. The number of imidazole rings is 1. The molecular formula is C14H12N2O3. The third kappa shape index (κ3) is 2.03. The molecule has 1 N–H and O–H groups in total. The minimum absolute atomic E-state index is 0.0606. The van der Waals surface area contributed by atoms with Gasteiger partial charge in [-0.2, -0.15) is 0 Å². The van der Waals surface area contributed by atoms with Gasteiger partial charge in [-0.25, -0.2) is 4.98 Å². The Hall–Kier alpha value is -2.43. The van der Waals surface area contributed by atoms with Crippen LogP contribution in [0.5, 0.6) is 0 Å². The number of aromatic nitrogens is 2. The second kappa shape index (κ2) is 4.35. The lowest BCUT2D eigenvalue weighted by molar-refractivity contribution is -0.137. The first-order valence-electron chi connectivity index (χ1n) is 6.02. The van der Waals surface area contributed by atoms with E-state index in [1.165, 1.54) is 0 Å². The fourth-order valence-corrected chi connectivity index (χ4v) is 2.52. The Kier molecular flexibility index (Phi) is 2.67. The molecule has 1 aliphatic carbocycles. The van der Waals surface area contributed by atoms with Crippen LogP contribution in [-0.2, 0) is 11.2 Å². The number of ketones is 1. The molecule has 1 aromatic heterocycles. The highest BCUT2D eigenvalue weighted by atomic mass is 16.4. The lowest BCUT2D eigenvalue weighted by atomic mass is 10.0. The van der Waals surface area contributed by atoms with Crippen LogP contribution < -0.4 is 0 Å². The number of Topliss-reactive ketones (excluding diaryl/α,β-unsaturated/α-hetero) is 1. The van der Waals surface area contributed by atoms with E-state index < -0.39 is 11.9 Å². The van der Waals surface area contributed by atoms with Crippen LogP contribution in [0.1, 0.15) is 22.3 Å². The molecule has 0 aliphatic heterocycles. The van der Waals surface area contributed by atoms with Crippen molar-refractivity contribution in [3.05, 3.63) is 48.0 Å². The van der Waals surface area contributed by atoms with E-state index in [-0.39, 0.29) is 12.2 Å². The first-order valence-corrected chi connectivity index (χ1v) is 6.02. The summed E-state index contributed by atoms with van der Waals surface area (Å²) in [5, 5.41) is 8.81. The van der Waals surface area contributed by atoms with E-state index in [1.807, 2.05) is 22.9 Å². The van der Waals surface area contributed by atoms with E-state index in [0.29, 0.717) is 12.0 Å². The van der Waals surface area contributed by atoms with Crippen molar-refractivity contribution >= 4 is 11.8 Å². The fraction of sp³-hybridized carbons (Fsp3) is 0.214. The van der Waals surface area contributed by atoms with Crippen molar-refractivity contribution in [3.63, 3.8) is 0 Å². The van der Waals surface area contributed by atoms with Gasteiger partial charge in [0.15, 0.2) is 5.78 Å². The number of hydrogen-bond donors (Lipinski definition) is 1. The average molecular weight is 256 g/mol. The van der Waals surface area contributed by atoms with E-state index in [2.05, 4.69) is 4.98 Å². The van der Waals surface area contributed by atoms with Gasteiger partial charge in [0.25, 0.3) is 0 Å². The summed E-state index contributed by atoms with van der Waals surface area (Å²) in [7, 11) is 0. The van der Waals surface area contributed by atoms with Crippen LogP contribution >= 0.6 is 0 Å². The smallest absolute Gasteiger partial charge is 0.304 e. The van der Waals surface area contributed by atoms with Gasteiger partial charge in [0.05, 0.1) is 12.7 Å². The van der Waals surface area contributed by atoms with Crippen LogP contribution in [0.2, 0.25) is 0 Å². The van der Waals surface area contributed by atoms with Crippen LogP contribution in [0.15, 0.2) is 36.9 Å². The van der Waals surface area contributed by atoms with Crippen LogP contribution in [0.4, 0.5) is 0 Å². The predicted octanol–water partition coefficient (Wildman–Crippen LogP) is 1.70. The molecule has 3 rings (SSSR count). The highest BCUT2D eigenvalue weighted by Crippen LogP contribution is 2.30. The van der Waals surface area contributed by atoms with Crippen LogP contribution in [0.3, 0.4) is 0 Å². The predicted molar refractivity (Wildman–Crippen MR) is 67.3 cm³/mol. The number of carboxylic acids is 1. The third-order valence-electron chi connectivity index (χ3n) is 3.41. The molecule has 1 aliphatic rings. The summed E-state index contributed by atoms with van der Waals surface area (Å²) < 4.78 is 1.86. The number of benzene rings is 1. The molecule has 0 amide bonds. The normalized spacial score (nSPS) is 17.5. The molecule has 0 fully saturated rings. The maximum absolute atomic E-state index is 12.0. The number of hydrogen-bond acceptors (Lipinski definition) is 3. The van der Waals surface area contributed by atoms with Gasteiger partial charge in [0.2, 0.25) is 0 Å². The largest absolute Gasteiger partial charge is 0.481 e. The number of rotatable bonds is 3. The summed E-state index contributed by atoms with van der Waals surface area (Å²) in [4.78, 5) is 26.8. The SMILES string of the molecule is O=C(O)CC1Cc2cc(-n3ccnc3)ccc2C1=O. The molecule has 0 spiro atoms. The summed E-state index contributed by atoms with van der Waals surface area (Å²) in [6.45, 7) is 0. The molecule has 0 saturated carbocycles. The van der Waals surface area contributed by atoms with Crippen LogP contribution in [0, 0.1) is 5.92 Å². The van der Waals surface area contributed by atoms with Gasteiger partial charge in [0, 0.05) is 29.6 Å². The van der Waals surface area contributed by atoms with Gasteiger partial charge in [-0.1, -0.05) is 0 Å². The van der Waals surface area contributed by atoms with Gasteiger partial charge in [-0.05, 0) is 30.2 Å². The Balaban J connectivity index is 1.93. The average Bonchev–Trinajstić information content (AvgIpc) is 2.98. The Morgan fingerprint density at radius 1 is 1.47 bits per heavy atom. The number of carboxylic acid groups (broad SMARTS) is 1. The van der Waals surface area contributed by atoms with Gasteiger partial charge in [-0.15, -0.1) is 0 Å². The first kappa shape index (κ1) is 11.6. The number of fused-ring (bicyclic) bond motifs is 1. The first-order chi connectivity index (χ1) is 9.15. The van der Waals surface area contributed by atoms with E-state index in [4.69, 9.17) is 5.11 Å².